The van der Waals surface area contributed by atoms with Crippen molar-refractivity contribution in [2.75, 3.05) is 17.2 Å². The number of hydrogen-bond acceptors (Lipinski definition) is 5. The molecule has 4 rings (SSSR count). The number of hydrogen-bond donors (Lipinski definition) is 2. The van der Waals surface area contributed by atoms with Gasteiger partial charge in [0.05, 0.1) is 35.7 Å². The molecule has 0 saturated carbocycles. The molecule has 4 aromatic rings. The number of fused-ring (bicyclic) bond motifs is 1. The van der Waals surface area contributed by atoms with Crippen molar-refractivity contribution in [3.8, 4) is 11.3 Å². The van der Waals surface area contributed by atoms with Gasteiger partial charge in [0.25, 0.3) is 0 Å². The van der Waals surface area contributed by atoms with Crippen molar-refractivity contribution >= 4 is 39.9 Å². The summed E-state index contributed by atoms with van der Waals surface area (Å²) in [5, 5.41) is 10.6. The molecule has 0 fully saturated rings. The molecule has 0 aliphatic heterocycles. The number of halogens is 1. The molecule has 0 bridgehead atoms. The average molecular weight is 393 g/mol. The molecule has 2 aromatic heterocycles. The minimum Gasteiger partial charge on any atom is -0.376 e. The summed E-state index contributed by atoms with van der Waals surface area (Å²) >= 11 is 5.93. The van der Waals surface area contributed by atoms with Gasteiger partial charge in [-0.05, 0) is 36.4 Å². The van der Waals surface area contributed by atoms with E-state index >= 15 is 0 Å². The van der Waals surface area contributed by atoms with Crippen molar-refractivity contribution in [1.29, 1.82) is 0 Å². The third kappa shape index (κ3) is 4.10. The SMILES string of the molecule is Cn1cc(-c2cnc3ccc(NCC(=O)Nc4cccc(Cl)c4)cc3n2)cn1. The van der Waals surface area contributed by atoms with E-state index in [0.29, 0.717) is 10.7 Å². The quantitative estimate of drug-likeness (QED) is 0.540. The van der Waals surface area contributed by atoms with Gasteiger partial charge in [-0.2, -0.15) is 5.10 Å². The highest BCUT2D eigenvalue weighted by atomic mass is 35.5. The molecule has 0 spiro atoms. The molecular formula is C20H17ClN6O. The van der Waals surface area contributed by atoms with Crippen LogP contribution >= 0.6 is 11.6 Å². The summed E-state index contributed by atoms with van der Waals surface area (Å²) in [6.07, 6.45) is 5.36. The zero-order chi connectivity index (χ0) is 19.5. The molecule has 2 N–H and O–H groups in total. The molecule has 0 aliphatic carbocycles. The number of aromatic nitrogens is 4. The van der Waals surface area contributed by atoms with E-state index < -0.39 is 0 Å². The Balaban J connectivity index is 1.47. The van der Waals surface area contributed by atoms with Gasteiger partial charge in [-0.3, -0.25) is 14.5 Å². The van der Waals surface area contributed by atoms with Gasteiger partial charge >= 0.3 is 0 Å². The Bertz CT molecular complexity index is 1160. The average Bonchev–Trinajstić information content (AvgIpc) is 3.12. The zero-order valence-corrected chi connectivity index (χ0v) is 15.8. The number of carbonyl (C=O) groups is 1. The van der Waals surface area contributed by atoms with Crippen molar-refractivity contribution in [3.05, 3.63) is 66.1 Å². The second kappa shape index (κ2) is 7.66. The van der Waals surface area contributed by atoms with Crippen LogP contribution < -0.4 is 10.6 Å². The Hall–Kier alpha value is -3.45. The predicted octanol–water partition coefficient (Wildman–Crippen LogP) is 3.73. The highest BCUT2D eigenvalue weighted by molar-refractivity contribution is 6.30. The van der Waals surface area contributed by atoms with Crippen LogP contribution in [-0.4, -0.2) is 32.2 Å². The summed E-state index contributed by atoms with van der Waals surface area (Å²) in [5.41, 5.74) is 4.60. The molecule has 0 aliphatic rings. The number of nitrogens with zero attached hydrogens (tertiary/aromatic N) is 4. The first-order chi connectivity index (χ1) is 13.6. The minimum absolute atomic E-state index is 0.119. The van der Waals surface area contributed by atoms with Crippen molar-refractivity contribution < 1.29 is 4.79 Å². The standard InChI is InChI=1S/C20H17ClN6O/c1-27-12-13(9-24-27)19-10-23-17-6-5-15(8-18(17)26-19)22-11-20(28)25-16-4-2-3-14(21)7-16/h2-10,12,22H,11H2,1H3,(H,25,28). The Kier molecular flexibility index (Phi) is 4.90. The topological polar surface area (TPSA) is 84.7 Å². The van der Waals surface area contributed by atoms with Gasteiger partial charge in [0.1, 0.15) is 0 Å². The normalized spacial score (nSPS) is 10.8. The fourth-order valence-corrected chi connectivity index (χ4v) is 2.96. The monoisotopic (exact) mass is 392 g/mol. The maximum Gasteiger partial charge on any atom is 0.243 e. The van der Waals surface area contributed by atoms with Crippen LogP contribution in [0.4, 0.5) is 11.4 Å². The smallest absolute Gasteiger partial charge is 0.243 e. The van der Waals surface area contributed by atoms with E-state index in [4.69, 9.17) is 11.6 Å². The first-order valence-corrected chi connectivity index (χ1v) is 9.00. The number of aryl methyl sites for hydroxylation is 1. The fraction of sp³-hybridized carbons (Fsp3) is 0.100. The number of carbonyl (C=O) groups excluding carboxylic acids is 1. The van der Waals surface area contributed by atoms with Gasteiger partial charge < -0.3 is 10.6 Å². The summed E-state index contributed by atoms with van der Waals surface area (Å²) in [6.45, 7) is 0.119. The molecule has 8 heteroatoms. The molecule has 28 heavy (non-hydrogen) atoms. The summed E-state index contributed by atoms with van der Waals surface area (Å²) in [4.78, 5) is 21.2. The highest BCUT2D eigenvalue weighted by Gasteiger charge is 2.07. The summed E-state index contributed by atoms with van der Waals surface area (Å²) in [7, 11) is 1.86. The van der Waals surface area contributed by atoms with E-state index in [2.05, 4.69) is 25.7 Å². The zero-order valence-electron chi connectivity index (χ0n) is 15.1. The summed E-state index contributed by atoms with van der Waals surface area (Å²) in [6, 6.07) is 12.6. The van der Waals surface area contributed by atoms with Gasteiger partial charge in [0, 0.05) is 35.2 Å². The summed E-state index contributed by atoms with van der Waals surface area (Å²) in [5.74, 6) is -0.169. The first-order valence-electron chi connectivity index (χ1n) is 8.62. The Morgan fingerprint density at radius 3 is 2.79 bits per heavy atom. The maximum absolute atomic E-state index is 12.1. The van der Waals surface area contributed by atoms with E-state index in [0.717, 1.165) is 28.0 Å². The Labute approximate surface area is 166 Å². The van der Waals surface area contributed by atoms with Gasteiger partial charge in [0.2, 0.25) is 5.91 Å². The number of amides is 1. The fourth-order valence-electron chi connectivity index (χ4n) is 2.77. The third-order valence-electron chi connectivity index (χ3n) is 4.10. The molecule has 0 unspecified atom stereocenters. The van der Waals surface area contributed by atoms with Gasteiger partial charge in [-0.1, -0.05) is 17.7 Å². The van der Waals surface area contributed by atoms with Crippen LogP contribution in [-0.2, 0) is 11.8 Å². The van der Waals surface area contributed by atoms with Gasteiger partial charge in [0.15, 0.2) is 0 Å². The van der Waals surface area contributed by atoms with Crippen molar-refractivity contribution in [1.82, 2.24) is 19.7 Å². The summed E-state index contributed by atoms with van der Waals surface area (Å²) < 4.78 is 1.72. The van der Waals surface area contributed by atoms with Crippen LogP contribution in [0.3, 0.4) is 0 Å². The molecule has 0 saturated heterocycles. The lowest BCUT2D eigenvalue weighted by atomic mass is 10.2. The molecule has 2 aromatic carbocycles. The van der Waals surface area contributed by atoms with Crippen LogP contribution in [0.2, 0.25) is 5.02 Å². The maximum atomic E-state index is 12.1. The predicted molar refractivity (Wildman–Crippen MR) is 110 cm³/mol. The largest absolute Gasteiger partial charge is 0.376 e. The van der Waals surface area contributed by atoms with E-state index in [9.17, 15) is 4.79 Å². The molecule has 0 atom stereocenters. The lowest BCUT2D eigenvalue weighted by molar-refractivity contribution is -0.114. The van der Waals surface area contributed by atoms with Crippen molar-refractivity contribution in [3.63, 3.8) is 0 Å². The lowest BCUT2D eigenvalue weighted by Gasteiger charge is -2.09. The van der Waals surface area contributed by atoms with Gasteiger partial charge in [-0.25, -0.2) is 4.98 Å². The lowest BCUT2D eigenvalue weighted by Crippen LogP contribution is -2.21. The molecule has 2 heterocycles. The van der Waals surface area contributed by atoms with E-state index in [1.165, 1.54) is 0 Å². The van der Waals surface area contributed by atoms with Crippen molar-refractivity contribution in [2.24, 2.45) is 7.05 Å². The van der Waals surface area contributed by atoms with Crippen LogP contribution in [0.15, 0.2) is 61.1 Å². The second-order valence-corrected chi connectivity index (χ2v) is 6.71. The molecule has 0 radical (unpaired) electrons. The molecule has 7 nitrogen and oxygen atoms in total. The van der Waals surface area contributed by atoms with Crippen LogP contribution in [0.5, 0.6) is 0 Å². The molecule has 140 valence electrons. The van der Waals surface area contributed by atoms with E-state index in [1.807, 2.05) is 31.4 Å². The van der Waals surface area contributed by atoms with E-state index in [1.54, 1.807) is 41.3 Å². The minimum atomic E-state index is -0.169. The van der Waals surface area contributed by atoms with Crippen LogP contribution in [0, 0.1) is 0 Å². The highest BCUT2D eigenvalue weighted by Crippen LogP contribution is 2.21. The third-order valence-corrected chi connectivity index (χ3v) is 4.34. The molecule has 1 amide bonds. The number of rotatable bonds is 5. The van der Waals surface area contributed by atoms with Gasteiger partial charge in [-0.15, -0.1) is 0 Å². The Morgan fingerprint density at radius 2 is 2.00 bits per heavy atom. The number of nitrogens with one attached hydrogen (secondary N) is 2. The molecular weight excluding hydrogens is 376 g/mol. The second-order valence-electron chi connectivity index (χ2n) is 6.27. The van der Waals surface area contributed by atoms with Crippen LogP contribution in [0.1, 0.15) is 0 Å². The number of anilines is 2. The first kappa shape index (κ1) is 17.9. The van der Waals surface area contributed by atoms with E-state index in [-0.39, 0.29) is 12.5 Å². The van der Waals surface area contributed by atoms with Crippen molar-refractivity contribution in [2.45, 2.75) is 0 Å². The Morgan fingerprint density at radius 1 is 1.11 bits per heavy atom. The van der Waals surface area contributed by atoms with Crippen LogP contribution in [0.25, 0.3) is 22.3 Å². The number of benzene rings is 2.